The molecule has 3 aliphatic heterocycles. The van der Waals surface area contributed by atoms with Gasteiger partial charge in [-0.15, -0.1) is 0 Å². The Kier molecular flexibility index (Phi) is 5.52. The normalized spacial score (nSPS) is 23.5. The van der Waals surface area contributed by atoms with Crippen LogP contribution in [0.5, 0.6) is 0 Å². The van der Waals surface area contributed by atoms with Crippen LogP contribution >= 0.6 is 0 Å². The van der Waals surface area contributed by atoms with E-state index >= 15 is 0 Å². The Bertz CT molecular complexity index is 1050. The van der Waals surface area contributed by atoms with Crippen LogP contribution in [0, 0.1) is 0 Å². The smallest absolute Gasteiger partial charge is 0.366 e. The molecule has 5 rings (SSSR count). The number of rotatable bonds is 2. The SMILES string of the molecule is O=C1COC2CCN(C(=O)N3CC(c4ccc(-c5ccccc5C(F)(F)F)cc4)C3)CC2N1. The number of nitrogens with one attached hydrogen (secondary N) is 1. The summed E-state index contributed by atoms with van der Waals surface area (Å²) >= 11 is 0. The van der Waals surface area contributed by atoms with Crippen molar-refractivity contribution in [2.24, 2.45) is 0 Å². The number of piperidine rings is 1. The molecule has 2 aromatic carbocycles. The van der Waals surface area contributed by atoms with Crippen molar-refractivity contribution in [2.75, 3.05) is 32.8 Å². The predicted molar refractivity (Wildman–Crippen MR) is 114 cm³/mol. The average molecular weight is 459 g/mol. The number of carbonyl (C=O) groups is 2. The second kappa shape index (κ2) is 8.37. The van der Waals surface area contributed by atoms with Gasteiger partial charge in [-0.1, -0.05) is 42.5 Å². The Morgan fingerprint density at radius 1 is 1.00 bits per heavy atom. The molecule has 0 aliphatic carbocycles. The van der Waals surface area contributed by atoms with Gasteiger partial charge in [-0.3, -0.25) is 4.79 Å². The third-order valence-electron chi connectivity index (χ3n) is 6.67. The average Bonchev–Trinajstić information content (AvgIpc) is 2.77. The van der Waals surface area contributed by atoms with Gasteiger partial charge in [0.1, 0.15) is 6.61 Å². The number of benzene rings is 2. The number of carbonyl (C=O) groups excluding carboxylic acids is 2. The van der Waals surface area contributed by atoms with Crippen LogP contribution in [0.4, 0.5) is 18.0 Å². The van der Waals surface area contributed by atoms with Crippen LogP contribution in [-0.2, 0) is 15.7 Å². The number of morpholine rings is 1. The highest BCUT2D eigenvalue weighted by Crippen LogP contribution is 2.38. The summed E-state index contributed by atoms with van der Waals surface area (Å²) in [4.78, 5) is 28.0. The van der Waals surface area contributed by atoms with Crippen LogP contribution in [0.2, 0.25) is 0 Å². The number of fused-ring (bicyclic) bond motifs is 1. The Balaban J connectivity index is 1.20. The topological polar surface area (TPSA) is 61.9 Å². The maximum absolute atomic E-state index is 13.3. The quantitative estimate of drug-likeness (QED) is 0.748. The molecule has 3 aliphatic rings. The van der Waals surface area contributed by atoms with Crippen molar-refractivity contribution in [1.82, 2.24) is 15.1 Å². The summed E-state index contributed by atoms with van der Waals surface area (Å²) in [5.41, 5.74) is 1.02. The maximum atomic E-state index is 13.3. The monoisotopic (exact) mass is 459 g/mol. The Morgan fingerprint density at radius 2 is 1.73 bits per heavy atom. The van der Waals surface area contributed by atoms with Gasteiger partial charge < -0.3 is 19.9 Å². The zero-order valence-corrected chi connectivity index (χ0v) is 17.8. The van der Waals surface area contributed by atoms with Gasteiger partial charge in [0.15, 0.2) is 0 Å². The number of alkyl halides is 3. The molecule has 2 atom stereocenters. The lowest BCUT2D eigenvalue weighted by atomic mass is 9.89. The summed E-state index contributed by atoms with van der Waals surface area (Å²) in [6.07, 6.45) is -3.77. The van der Waals surface area contributed by atoms with Crippen molar-refractivity contribution in [3.8, 4) is 11.1 Å². The van der Waals surface area contributed by atoms with Gasteiger partial charge in [-0.25, -0.2) is 4.79 Å². The third kappa shape index (κ3) is 4.29. The largest absolute Gasteiger partial charge is 0.417 e. The summed E-state index contributed by atoms with van der Waals surface area (Å²) in [5, 5.41) is 2.90. The van der Waals surface area contributed by atoms with Crippen LogP contribution in [-0.4, -0.2) is 66.7 Å². The van der Waals surface area contributed by atoms with E-state index in [9.17, 15) is 22.8 Å². The van der Waals surface area contributed by atoms with Crippen molar-refractivity contribution in [3.63, 3.8) is 0 Å². The number of hydrogen-bond acceptors (Lipinski definition) is 3. The summed E-state index contributed by atoms with van der Waals surface area (Å²) in [5.74, 6) is -0.00742. The molecule has 3 heterocycles. The molecule has 0 spiro atoms. The van der Waals surface area contributed by atoms with Gasteiger partial charge in [0.25, 0.3) is 0 Å². The van der Waals surface area contributed by atoms with Gasteiger partial charge in [0.2, 0.25) is 5.91 Å². The summed E-state index contributed by atoms with van der Waals surface area (Å²) in [7, 11) is 0. The fraction of sp³-hybridized carbons (Fsp3) is 0.417. The first kappa shape index (κ1) is 21.8. The van der Waals surface area contributed by atoms with E-state index in [1.54, 1.807) is 28.0 Å². The standard InChI is InChI=1S/C24H24F3N3O3/c25-24(26,27)19-4-2-1-3-18(19)16-7-5-15(6-8-16)17-11-30(12-17)23(32)29-10-9-21-20(13-29)28-22(31)14-33-21/h1-8,17,20-21H,9-14H2,(H,28,31). The van der Waals surface area contributed by atoms with E-state index < -0.39 is 11.7 Å². The van der Waals surface area contributed by atoms with Crippen molar-refractivity contribution in [1.29, 1.82) is 0 Å². The molecular weight excluding hydrogens is 435 g/mol. The van der Waals surface area contributed by atoms with Gasteiger partial charge in [0.05, 0.1) is 17.7 Å². The highest BCUT2D eigenvalue weighted by atomic mass is 19.4. The number of hydrogen-bond donors (Lipinski definition) is 1. The van der Waals surface area contributed by atoms with Crippen molar-refractivity contribution >= 4 is 11.9 Å². The second-order valence-electron chi connectivity index (χ2n) is 8.81. The van der Waals surface area contributed by atoms with E-state index in [0.717, 1.165) is 11.6 Å². The van der Waals surface area contributed by atoms with E-state index in [-0.39, 0.29) is 42.2 Å². The van der Waals surface area contributed by atoms with Crippen molar-refractivity contribution in [2.45, 2.75) is 30.7 Å². The molecule has 3 saturated heterocycles. The Labute approximate surface area is 189 Å². The molecule has 2 aromatic rings. The lowest BCUT2D eigenvalue weighted by Gasteiger charge is -2.46. The van der Waals surface area contributed by atoms with Crippen LogP contribution in [0.25, 0.3) is 11.1 Å². The first-order chi connectivity index (χ1) is 15.8. The van der Waals surface area contributed by atoms with Crippen molar-refractivity contribution < 1.29 is 27.5 Å². The molecule has 0 bridgehead atoms. The maximum Gasteiger partial charge on any atom is 0.417 e. The molecule has 174 valence electrons. The number of nitrogens with zero attached hydrogens (tertiary/aromatic N) is 2. The van der Waals surface area contributed by atoms with E-state index in [1.165, 1.54) is 12.1 Å². The molecular formula is C24H24F3N3O3. The van der Waals surface area contributed by atoms with Crippen LogP contribution in [0.3, 0.4) is 0 Å². The van der Waals surface area contributed by atoms with Gasteiger partial charge >= 0.3 is 12.2 Å². The molecule has 0 saturated carbocycles. The number of urea groups is 1. The number of halogens is 3. The molecule has 1 N–H and O–H groups in total. The molecule has 0 radical (unpaired) electrons. The van der Waals surface area contributed by atoms with E-state index in [0.29, 0.717) is 38.2 Å². The molecule has 6 nitrogen and oxygen atoms in total. The second-order valence-corrected chi connectivity index (χ2v) is 8.81. The summed E-state index contributed by atoms with van der Waals surface area (Å²) in [6.45, 7) is 2.22. The minimum absolute atomic E-state index is 0.0446. The number of likely N-dealkylation sites (tertiary alicyclic amines) is 2. The van der Waals surface area contributed by atoms with Gasteiger partial charge in [0, 0.05) is 32.1 Å². The zero-order valence-electron chi connectivity index (χ0n) is 17.8. The highest BCUT2D eigenvalue weighted by Gasteiger charge is 2.40. The summed E-state index contributed by atoms with van der Waals surface area (Å²) < 4.78 is 45.5. The number of amides is 3. The third-order valence-corrected chi connectivity index (χ3v) is 6.67. The molecule has 3 fully saturated rings. The lowest BCUT2D eigenvalue weighted by molar-refractivity contribution is -0.140. The van der Waals surface area contributed by atoms with Gasteiger partial charge in [-0.05, 0) is 29.2 Å². The summed E-state index contributed by atoms with van der Waals surface area (Å²) in [6, 6.07) is 12.4. The predicted octanol–water partition coefficient (Wildman–Crippen LogP) is 3.48. The molecule has 3 amide bonds. The Hall–Kier alpha value is -3.07. The van der Waals surface area contributed by atoms with Crippen molar-refractivity contribution in [3.05, 3.63) is 59.7 Å². The highest BCUT2D eigenvalue weighted by molar-refractivity contribution is 5.79. The lowest BCUT2D eigenvalue weighted by Crippen LogP contribution is -2.63. The zero-order chi connectivity index (χ0) is 23.2. The van der Waals surface area contributed by atoms with E-state index in [4.69, 9.17) is 4.74 Å². The fourth-order valence-corrected chi connectivity index (χ4v) is 4.84. The number of ether oxygens (including phenoxy) is 1. The molecule has 2 unspecified atom stereocenters. The molecule has 9 heteroatoms. The minimum atomic E-state index is -4.41. The first-order valence-corrected chi connectivity index (χ1v) is 11.0. The molecule has 33 heavy (non-hydrogen) atoms. The van der Waals surface area contributed by atoms with E-state index in [2.05, 4.69) is 5.32 Å². The first-order valence-electron chi connectivity index (χ1n) is 11.0. The van der Waals surface area contributed by atoms with Gasteiger partial charge in [-0.2, -0.15) is 13.2 Å². The molecule has 0 aromatic heterocycles. The van der Waals surface area contributed by atoms with E-state index in [1.807, 2.05) is 12.1 Å². The minimum Gasteiger partial charge on any atom is -0.366 e. The fourth-order valence-electron chi connectivity index (χ4n) is 4.84. The Morgan fingerprint density at radius 3 is 2.45 bits per heavy atom. The van der Waals surface area contributed by atoms with Crippen LogP contribution in [0.15, 0.2) is 48.5 Å². The van der Waals surface area contributed by atoms with Crippen LogP contribution in [0.1, 0.15) is 23.5 Å². The van der Waals surface area contributed by atoms with Crippen LogP contribution < -0.4 is 5.32 Å².